The van der Waals surface area contributed by atoms with E-state index in [9.17, 15) is 4.79 Å². The van der Waals surface area contributed by atoms with E-state index in [-0.39, 0.29) is 11.8 Å². The minimum atomic E-state index is -0.302. The Morgan fingerprint density at radius 2 is 1.87 bits per heavy atom. The van der Waals surface area contributed by atoms with Crippen LogP contribution in [0, 0.1) is 0 Å². The van der Waals surface area contributed by atoms with Gasteiger partial charge in [0.15, 0.2) is 0 Å². The van der Waals surface area contributed by atoms with Crippen molar-refractivity contribution in [1.29, 1.82) is 0 Å². The van der Waals surface area contributed by atoms with Gasteiger partial charge in [-0.3, -0.25) is 15.1 Å². The van der Waals surface area contributed by atoms with Gasteiger partial charge in [0.2, 0.25) is 11.0 Å². The SMILES string of the molecule is CC(COc1ccc(C(=O)Nc2nnc(-c3ccncc3)s2)cn1)c1ccccc1. The minimum absolute atomic E-state index is 0.239. The van der Waals surface area contributed by atoms with Crippen molar-refractivity contribution in [2.45, 2.75) is 12.8 Å². The Kier molecular flexibility index (Phi) is 6.05. The molecule has 0 aliphatic heterocycles. The van der Waals surface area contributed by atoms with Crippen LogP contribution in [0.5, 0.6) is 5.88 Å². The average molecular weight is 417 g/mol. The van der Waals surface area contributed by atoms with Crippen molar-refractivity contribution in [3.63, 3.8) is 0 Å². The second-order valence-corrected chi connectivity index (χ2v) is 7.59. The monoisotopic (exact) mass is 417 g/mol. The number of nitrogens with one attached hydrogen (secondary N) is 1. The lowest BCUT2D eigenvalue weighted by atomic mass is 10.0. The van der Waals surface area contributed by atoms with Gasteiger partial charge in [0.05, 0.1) is 12.2 Å². The van der Waals surface area contributed by atoms with E-state index in [2.05, 4.69) is 44.5 Å². The van der Waals surface area contributed by atoms with Crippen LogP contribution in [0.25, 0.3) is 10.6 Å². The molecule has 1 aromatic carbocycles. The molecule has 4 rings (SSSR count). The number of rotatable bonds is 7. The molecule has 0 fully saturated rings. The van der Waals surface area contributed by atoms with Crippen molar-refractivity contribution in [1.82, 2.24) is 20.2 Å². The van der Waals surface area contributed by atoms with Gasteiger partial charge in [0, 0.05) is 36.1 Å². The van der Waals surface area contributed by atoms with Crippen molar-refractivity contribution < 1.29 is 9.53 Å². The summed E-state index contributed by atoms with van der Waals surface area (Å²) in [5, 5.41) is 12.0. The first kappa shape index (κ1) is 19.7. The van der Waals surface area contributed by atoms with Gasteiger partial charge in [-0.1, -0.05) is 48.6 Å². The third-order valence-corrected chi connectivity index (χ3v) is 5.31. The van der Waals surface area contributed by atoms with Gasteiger partial charge in [-0.2, -0.15) is 0 Å². The maximum Gasteiger partial charge on any atom is 0.259 e. The number of nitrogens with zero attached hydrogens (tertiary/aromatic N) is 4. The molecule has 1 unspecified atom stereocenters. The van der Waals surface area contributed by atoms with E-state index in [1.807, 2.05) is 30.3 Å². The molecule has 1 atom stereocenters. The van der Waals surface area contributed by atoms with Gasteiger partial charge < -0.3 is 4.74 Å². The fraction of sp³-hybridized carbons (Fsp3) is 0.136. The predicted molar refractivity (Wildman–Crippen MR) is 116 cm³/mol. The number of benzene rings is 1. The molecule has 0 bridgehead atoms. The Hall–Kier alpha value is -3.65. The topological polar surface area (TPSA) is 89.9 Å². The largest absolute Gasteiger partial charge is 0.477 e. The molecule has 3 heterocycles. The first-order chi connectivity index (χ1) is 14.7. The zero-order valence-electron chi connectivity index (χ0n) is 16.2. The number of aromatic nitrogens is 4. The number of carbonyl (C=O) groups excluding carboxylic acids is 1. The van der Waals surface area contributed by atoms with Crippen molar-refractivity contribution in [3.05, 3.63) is 84.3 Å². The molecule has 1 N–H and O–H groups in total. The fourth-order valence-electron chi connectivity index (χ4n) is 2.74. The first-order valence-corrected chi connectivity index (χ1v) is 10.2. The summed E-state index contributed by atoms with van der Waals surface area (Å²) in [5.74, 6) is 0.414. The molecule has 30 heavy (non-hydrogen) atoms. The molecule has 0 spiro atoms. The second-order valence-electron chi connectivity index (χ2n) is 6.61. The molecule has 1 amide bonds. The van der Waals surface area contributed by atoms with E-state index in [0.29, 0.717) is 28.2 Å². The smallest absolute Gasteiger partial charge is 0.259 e. The summed E-state index contributed by atoms with van der Waals surface area (Å²) >= 11 is 1.29. The number of anilines is 1. The van der Waals surface area contributed by atoms with E-state index < -0.39 is 0 Å². The maximum atomic E-state index is 12.5. The lowest BCUT2D eigenvalue weighted by Gasteiger charge is -2.13. The lowest BCUT2D eigenvalue weighted by Crippen LogP contribution is -2.12. The Morgan fingerprint density at radius 1 is 1.07 bits per heavy atom. The van der Waals surface area contributed by atoms with Gasteiger partial charge in [-0.05, 0) is 23.8 Å². The molecule has 0 radical (unpaired) electrons. The summed E-state index contributed by atoms with van der Waals surface area (Å²) in [5.41, 5.74) is 2.52. The Balaban J connectivity index is 1.34. The highest BCUT2D eigenvalue weighted by molar-refractivity contribution is 7.18. The molecule has 0 saturated heterocycles. The molecule has 0 aliphatic carbocycles. The standard InChI is InChI=1S/C22H19N5O2S/c1-15(16-5-3-2-4-6-16)14-29-19-8-7-18(13-24-19)20(28)25-22-27-26-21(30-22)17-9-11-23-12-10-17/h2-13,15H,14H2,1H3,(H,25,27,28). The van der Waals surface area contributed by atoms with E-state index in [1.54, 1.807) is 24.5 Å². The Bertz CT molecular complexity index is 1100. The molecule has 0 aliphatic rings. The molecule has 4 aromatic rings. The molecule has 150 valence electrons. The van der Waals surface area contributed by atoms with E-state index in [4.69, 9.17) is 4.74 Å². The molecule has 8 heteroatoms. The number of carbonyl (C=O) groups is 1. The first-order valence-electron chi connectivity index (χ1n) is 9.38. The second kappa shape index (κ2) is 9.23. The van der Waals surface area contributed by atoms with Crippen molar-refractivity contribution in [2.75, 3.05) is 11.9 Å². The Morgan fingerprint density at radius 3 is 2.60 bits per heavy atom. The molecule has 7 nitrogen and oxygen atoms in total. The van der Waals surface area contributed by atoms with Crippen LogP contribution in [0.1, 0.15) is 28.8 Å². The average Bonchev–Trinajstić information content (AvgIpc) is 3.27. The summed E-state index contributed by atoms with van der Waals surface area (Å²) in [6.07, 6.45) is 4.86. The predicted octanol–water partition coefficient (Wildman–Crippen LogP) is 4.43. The fourth-order valence-corrected chi connectivity index (χ4v) is 3.49. The lowest BCUT2D eigenvalue weighted by molar-refractivity contribution is 0.102. The number of hydrogen-bond donors (Lipinski definition) is 1. The highest BCUT2D eigenvalue weighted by Crippen LogP contribution is 2.26. The van der Waals surface area contributed by atoms with Crippen LogP contribution >= 0.6 is 11.3 Å². The van der Waals surface area contributed by atoms with Crippen LogP contribution in [0.4, 0.5) is 5.13 Å². The highest BCUT2D eigenvalue weighted by Gasteiger charge is 2.12. The van der Waals surface area contributed by atoms with Crippen molar-refractivity contribution in [3.8, 4) is 16.5 Å². The number of hydrogen-bond acceptors (Lipinski definition) is 7. The van der Waals surface area contributed by atoms with Gasteiger partial charge >= 0.3 is 0 Å². The van der Waals surface area contributed by atoms with Crippen LogP contribution < -0.4 is 10.1 Å². The number of amides is 1. The third kappa shape index (κ3) is 4.84. The van der Waals surface area contributed by atoms with Crippen LogP contribution in [-0.4, -0.2) is 32.7 Å². The number of ether oxygens (including phenoxy) is 1. The van der Waals surface area contributed by atoms with Crippen molar-refractivity contribution >= 4 is 22.4 Å². The normalized spacial score (nSPS) is 11.6. The molecule has 3 aromatic heterocycles. The van der Waals surface area contributed by atoms with E-state index >= 15 is 0 Å². The van der Waals surface area contributed by atoms with Crippen LogP contribution in [-0.2, 0) is 0 Å². The van der Waals surface area contributed by atoms with Crippen LogP contribution in [0.3, 0.4) is 0 Å². The van der Waals surface area contributed by atoms with Crippen LogP contribution in [0.2, 0.25) is 0 Å². The zero-order valence-corrected chi connectivity index (χ0v) is 17.0. The van der Waals surface area contributed by atoms with E-state index in [1.165, 1.54) is 23.1 Å². The summed E-state index contributed by atoms with van der Waals surface area (Å²) < 4.78 is 5.76. The van der Waals surface area contributed by atoms with Gasteiger partial charge in [-0.25, -0.2) is 4.98 Å². The summed E-state index contributed by atoms with van der Waals surface area (Å²) in [6.45, 7) is 2.60. The number of pyridine rings is 2. The molecular weight excluding hydrogens is 398 g/mol. The summed E-state index contributed by atoms with van der Waals surface area (Å²) in [6, 6.07) is 17.2. The van der Waals surface area contributed by atoms with E-state index in [0.717, 1.165) is 5.56 Å². The molecule has 0 saturated carbocycles. The van der Waals surface area contributed by atoms with Gasteiger partial charge in [0.1, 0.15) is 5.01 Å². The van der Waals surface area contributed by atoms with Crippen LogP contribution in [0.15, 0.2) is 73.2 Å². The Labute approximate surface area is 177 Å². The molecular formula is C22H19N5O2S. The zero-order chi connectivity index (χ0) is 20.8. The third-order valence-electron chi connectivity index (χ3n) is 4.42. The quantitative estimate of drug-likeness (QED) is 0.478. The van der Waals surface area contributed by atoms with Crippen molar-refractivity contribution in [2.24, 2.45) is 0 Å². The summed E-state index contributed by atoms with van der Waals surface area (Å²) in [7, 11) is 0. The highest BCUT2D eigenvalue weighted by atomic mass is 32.1. The van der Waals surface area contributed by atoms with Gasteiger partial charge in [0.25, 0.3) is 5.91 Å². The summed E-state index contributed by atoms with van der Waals surface area (Å²) in [4.78, 5) is 20.7. The van der Waals surface area contributed by atoms with Gasteiger partial charge in [-0.15, -0.1) is 10.2 Å². The maximum absolute atomic E-state index is 12.5. The minimum Gasteiger partial charge on any atom is -0.477 e.